The van der Waals surface area contributed by atoms with Crippen molar-refractivity contribution in [2.45, 2.75) is 18.9 Å². The van der Waals surface area contributed by atoms with E-state index >= 15 is 0 Å². The van der Waals surface area contributed by atoms with Crippen molar-refractivity contribution in [3.8, 4) is 0 Å². The summed E-state index contributed by atoms with van der Waals surface area (Å²) in [4.78, 5) is 0. The average molecular weight is 146 g/mol. The Hall–Kier alpha value is -0.150. The van der Waals surface area contributed by atoms with E-state index in [4.69, 9.17) is 5.73 Å². The molecule has 0 bridgehead atoms. The molecule has 1 aliphatic rings. The first-order valence-corrected chi connectivity index (χ1v) is 3.87. The van der Waals surface area contributed by atoms with Crippen molar-refractivity contribution < 1.29 is 4.39 Å². The van der Waals surface area contributed by atoms with Crippen LogP contribution in [-0.4, -0.2) is 25.8 Å². The Morgan fingerprint density at radius 1 is 1.50 bits per heavy atom. The van der Waals surface area contributed by atoms with Crippen LogP contribution in [0.1, 0.15) is 12.8 Å². The maximum absolute atomic E-state index is 12.0. The molecule has 1 aliphatic heterocycles. The van der Waals surface area contributed by atoms with Crippen LogP contribution in [0.2, 0.25) is 0 Å². The number of hydrogen-bond donors (Lipinski definition) is 2. The van der Waals surface area contributed by atoms with Gasteiger partial charge in [-0.05, 0) is 31.8 Å². The molecular weight excluding hydrogens is 131 g/mol. The number of hydrogen-bond acceptors (Lipinski definition) is 2. The van der Waals surface area contributed by atoms with Crippen LogP contribution in [-0.2, 0) is 0 Å². The summed E-state index contributed by atoms with van der Waals surface area (Å²) < 4.78 is 12.0. The molecule has 0 spiro atoms. The number of alkyl halides is 1. The van der Waals surface area contributed by atoms with Gasteiger partial charge in [0.25, 0.3) is 0 Å². The number of nitrogens with one attached hydrogen (secondary N) is 1. The molecule has 1 fully saturated rings. The first-order valence-electron chi connectivity index (χ1n) is 3.87. The maximum atomic E-state index is 12.0. The van der Waals surface area contributed by atoms with Crippen LogP contribution < -0.4 is 11.1 Å². The van der Waals surface area contributed by atoms with Gasteiger partial charge in [-0.3, -0.25) is 0 Å². The molecule has 1 unspecified atom stereocenters. The third-order valence-electron chi connectivity index (χ3n) is 2.17. The summed E-state index contributed by atoms with van der Waals surface area (Å²) in [6, 6.07) is -0.220. The van der Waals surface area contributed by atoms with Gasteiger partial charge in [0, 0.05) is 6.04 Å². The highest BCUT2D eigenvalue weighted by Crippen LogP contribution is 2.14. The SMILES string of the molecule is NC(CF)C1CCNCC1. The van der Waals surface area contributed by atoms with E-state index in [1.54, 1.807) is 0 Å². The lowest BCUT2D eigenvalue weighted by Crippen LogP contribution is -2.39. The molecule has 1 rings (SSSR count). The van der Waals surface area contributed by atoms with Crippen molar-refractivity contribution in [3.63, 3.8) is 0 Å². The number of halogens is 1. The van der Waals surface area contributed by atoms with E-state index in [9.17, 15) is 4.39 Å². The van der Waals surface area contributed by atoms with Gasteiger partial charge in [-0.1, -0.05) is 0 Å². The molecule has 0 aliphatic carbocycles. The zero-order valence-electron chi connectivity index (χ0n) is 6.15. The molecule has 1 atom stereocenters. The van der Waals surface area contributed by atoms with Crippen LogP contribution in [0.5, 0.6) is 0 Å². The fraction of sp³-hybridized carbons (Fsp3) is 1.00. The van der Waals surface area contributed by atoms with Crippen LogP contribution in [0.3, 0.4) is 0 Å². The molecule has 60 valence electrons. The van der Waals surface area contributed by atoms with Gasteiger partial charge in [0.2, 0.25) is 0 Å². The lowest BCUT2D eigenvalue weighted by atomic mass is 9.92. The minimum absolute atomic E-state index is 0.220. The van der Waals surface area contributed by atoms with Crippen LogP contribution in [0.4, 0.5) is 4.39 Å². The standard InChI is InChI=1S/C7H15FN2/c8-5-7(9)6-1-3-10-4-2-6/h6-7,10H,1-5,9H2. The van der Waals surface area contributed by atoms with Gasteiger partial charge in [-0.25, -0.2) is 4.39 Å². The summed E-state index contributed by atoms with van der Waals surface area (Å²) in [6.45, 7) is 1.63. The molecule has 2 nitrogen and oxygen atoms in total. The lowest BCUT2D eigenvalue weighted by Gasteiger charge is -2.26. The molecule has 3 heteroatoms. The Kier molecular flexibility index (Phi) is 3.09. The third-order valence-corrected chi connectivity index (χ3v) is 2.17. The minimum Gasteiger partial charge on any atom is -0.325 e. The van der Waals surface area contributed by atoms with Crippen LogP contribution in [0.25, 0.3) is 0 Å². The summed E-state index contributed by atoms with van der Waals surface area (Å²) in [5.74, 6) is 0.409. The quantitative estimate of drug-likeness (QED) is 0.587. The first kappa shape index (κ1) is 7.95. The molecule has 0 aromatic carbocycles. The normalized spacial score (nSPS) is 24.6. The molecule has 1 saturated heterocycles. The zero-order chi connectivity index (χ0) is 7.40. The van der Waals surface area contributed by atoms with Crippen molar-refractivity contribution in [2.75, 3.05) is 19.8 Å². The number of piperidine rings is 1. The molecule has 0 radical (unpaired) electrons. The van der Waals surface area contributed by atoms with Crippen molar-refractivity contribution in [1.82, 2.24) is 5.32 Å². The molecule has 1 heterocycles. The van der Waals surface area contributed by atoms with Crippen molar-refractivity contribution in [3.05, 3.63) is 0 Å². The Balaban J connectivity index is 2.24. The molecule has 0 saturated carbocycles. The maximum Gasteiger partial charge on any atom is 0.105 e. The number of nitrogens with two attached hydrogens (primary N) is 1. The molecule has 0 aromatic rings. The van der Waals surface area contributed by atoms with Gasteiger partial charge in [-0.15, -0.1) is 0 Å². The van der Waals surface area contributed by atoms with E-state index in [0.29, 0.717) is 5.92 Å². The van der Waals surface area contributed by atoms with E-state index in [1.807, 2.05) is 0 Å². The van der Waals surface area contributed by atoms with Gasteiger partial charge in [0.05, 0.1) is 0 Å². The Morgan fingerprint density at radius 2 is 2.10 bits per heavy atom. The minimum atomic E-state index is -0.370. The fourth-order valence-corrected chi connectivity index (χ4v) is 1.40. The van der Waals surface area contributed by atoms with Crippen LogP contribution in [0, 0.1) is 5.92 Å². The topological polar surface area (TPSA) is 38.0 Å². The fourth-order valence-electron chi connectivity index (χ4n) is 1.40. The summed E-state index contributed by atoms with van der Waals surface area (Å²) >= 11 is 0. The Bertz CT molecular complexity index is 91.6. The molecule has 0 amide bonds. The predicted molar refractivity (Wildman–Crippen MR) is 39.5 cm³/mol. The second-order valence-electron chi connectivity index (χ2n) is 2.91. The predicted octanol–water partition coefficient (Wildman–Crippen LogP) is 0.283. The Labute approximate surface area is 61.0 Å². The zero-order valence-corrected chi connectivity index (χ0v) is 6.15. The highest BCUT2D eigenvalue weighted by molar-refractivity contribution is 4.77. The summed E-state index contributed by atoms with van der Waals surface area (Å²) in [5.41, 5.74) is 5.54. The third kappa shape index (κ3) is 1.92. The first-order chi connectivity index (χ1) is 4.84. The highest BCUT2D eigenvalue weighted by atomic mass is 19.1. The van der Waals surface area contributed by atoms with Gasteiger partial charge in [-0.2, -0.15) is 0 Å². The monoisotopic (exact) mass is 146 g/mol. The van der Waals surface area contributed by atoms with Crippen molar-refractivity contribution in [1.29, 1.82) is 0 Å². The van der Waals surface area contributed by atoms with E-state index in [1.165, 1.54) is 0 Å². The van der Waals surface area contributed by atoms with Gasteiger partial charge < -0.3 is 11.1 Å². The van der Waals surface area contributed by atoms with E-state index < -0.39 is 0 Å². The molecule has 10 heavy (non-hydrogen) atoms. The van der Waals surface area contributed by atoms with Gasteiger partial charge >= 0.3 is 0 Å². The van der Waals surface area contributed by atoms with Crippen molar-refractivity contribution in [2.24, 2.45) is 11.7 Å². The molecular formula is C7H15FN2. The summed E-state index contributed by atoms with van der Waals surface area (Å²) in [7, 11) is 0. The van der Waals surface area contributed by atoms with Crippen LogP contribution in [0.15, 0.2) is 0 Å². The number of rotatable bonds is 2. The van der Waals surface area contributed by atoms with Crippen molar-refractivity contribution >= 4 is 0 Å². The largest absolute Gasteiger partial charge is 0.325 e. The molecule has 0 aromatic heterocycles. The Morgan fingerprint density at radius 3 is 2.60 bits per heavy atom. The highest BCUT2D eigenvalue weighted by Gasteiger charge is 2.19. The van der Waals surface area contributed by atoms with E-state index in [-0.39, 0.29) is 12.7 Å². The molecule has 3 N–H and O–H groups in total. The summed E-state index contributed by atoms with van der Waals surface area (Å²) in [5, 5.41) is 3.22. The second-order valence-corrected chi connectivity index (χ2v) is 2.91. The van der Waals surface area contributed by atoms with Gasteiger partial charge in [0.15, 0.2) is 0 Å². The van der Waals surface area contributed by atoms with Gasteiger partial charge in [0.1, 0.15) is 6.67 Å². The van der Waals surface area contributed by atoms with Crippen LogP contribution >= 0.6 is 0 Å². The summed E-state index contributed by atoms with van der Waals surface area (Å²) in [6.07, 6.45) is 2.07. The average Bonchev–Trinajstić information content (AvgIpc) is 2.05. The van der Waals surface area contributed by atoms with E-state index in [2.05, 4.69) is 5.32 Å². The van der Waals surface area contributed by atoms with E-state index in [0.717, 1.165) is 25.9 Å². The second kappa shape index (κ2) is 3.88. The smallest absolute Gasteiger partial charge is 0.105 e. The lowest BCUT2D eigenvalue weighted by molar-refractivity contribution is 0.274.